The van der Waals surface area contributed by atoms with Crippen LogP contribution >= 0.6 is 0 Å². The third kappa shape index (κ3) is 2.71. The molecule has 1 atom stereocenters. The van der Waals surface area contributed by atoms with Gasteiger partial charge in [0.1, 0.15) is 5.69 Å². The molecule has 0 spiro atoms. The lowest BCUT2D eigenvalue weighted by Crippen LogP contribution is -2.44. The lowest BCUT2D eigenvalue weighted by Gasteiger charge is -2.27. The van der Waals surface area contributed by atoms with Crippen LogP contribution in [-0.4, -0.2) is 50.4 Å². The zero-order valence-electron chi connectivity index (χ0n) is 12.8. The van der Waals surface area contributed by atoms with Crippen molar-refractivity contribution in [3.05, 3.63) is 35.9 Å². The third-order valence-electron chi connectivity index (χ3n) is 4.08. The largest absolute Gasteiger partial charge is 0.336 e. The van der Waals surface area contributed by atoms with Crippen LogP contribution in [0.2, 0.25) is 0 Å². The van der Waals surface area contributed by atoms with E-state index in [-0.39, 0.29) is 11.9 Å². The van der Waals surface area contributed by atoms with Crippen molar-refractivity contribution in [2.24, 2.45) is 11.7 Å². The highest BCUT2D eigenvalue weighted by Gasteiger charge is 2.36. The van der Waals surface area contributed by atoms with Crippen LogP contribution in [0.1, 0.15) is 29.0 Å². The van der Waals surface area contributed by atoms with Crippen LogP contribution < -0.4 is 5.73 Å². The summed E-state index contributed by atoms with van der Waals surface area (Å²) < 4.78 is 0. The molecule has 2 N–H and O–H groups in total. The fourth-order valence-electron chi connectivity index (χ4n) is 2.67. The Morgan fingerprint density at radius 2 is 2.09 bits per heavy atom. The van der Waals surface area contributed by atoms with E-state index in [0.29, 0.717) is 23.8 Å². The SMILES string of the molecule is Cc1ccc(-n2nccn2)c(C(=O)N(C)[C@H](CN)C2CC2)n1. The minimum atomic E-state index is -0.140. The number of rotatable bonds is 5. The van der Waals surface area contributed by atoms with Crippen LogP contribution in [0.4, 0.5) is 0 Å². The van der Waals surface area contributed by atoms with E-state index in [1.54, 1.807) is 24.3 Å². The van der Waals surface area contributed by atoms with Crippen molar-refractivity contribution in [1.82, 2.24) is 24.9 Å². The summed E-state index contributed by atoms with van der Waals surface area (Å²) in [5, 5.41) is 8.20. The average molecular weight is 300 g/mol. The van der Waals surface area contributed by atoms with E-state index < -0.39 is 0 Å². The summed E-state index contributed by atoms with van der Waals surface area (Å²) in [6.07, 6.45) is 5.41. The maximum atomic E-state index is 12.9. The molecule has 3 rings (SSSR count). The summed E-state index contributed by atoms with van der Waals surface area (Å²) in [4.78, 5) is 20.4. The molecule has 1 amide bonds. The second-order valence-corrected chi connectivity index (χ2v) is 5.70. The van der Waals surface area contributed by atoms with E-state index in [1.165, 1.54) is 4.80 Å². The molecule has 1 fully saturated rings. The van der Waals surface area contributed by atoms with Gasteiger partial charge in [-0.3, -0.25) is 4.79 Å². The van der Waals surface area contributed by atoms with E-state index in [0.717, 1.165) is 18.5 Å². The van der Waals surface area contributed by atoms with Crippen molar-refractivity contribution in [2.75, 3.05) is 13.6 Å². The molecule has 22 heavy (non-hydrogen) atoms. The van der Waals surface area contributed by atoms with Gasteiger partial charge in [-0.05, 0) is 37.8 Å². The van der Waals surface area contributed by atoms with Gasteiger partial charge in [-0.2, -0.15) is 10.2 Å². The Morgan fingerprint density at radius 1 is 1.41 bits per heavy atom. The molecule has 0 aliphatic heterocycles. The standard InChI is InChI=1S/C15H20N6O/c1-10-3-6-12(21-17-7-8-18-21)14(19-10)15(22)20(2)13(9-16)11-4-5-11/h3,6-8,11,13H,4-5,9,16H2,1-2H3/t13-/m1/s1. The van der Waals surface area contributed by atoms with Crippen molar-refractivity contribution in [3.8, 4) is 5.69 Å². The zero-order valence-corrected chi connectivity index (χ0v) is 12.8. The van der Waals surface area contributed by atoms with Crippen LogP contribution in [0.15, 0.2) is 24.5 Å². The van der Waals surface area contributed by atoms with Gasteiger partial charge in [0.15, 0.2) is 5.69 Å². The monoisotopic (exact) mass is 300 g/mol. The number of likely N-dealkylation sites (N-methyl/N-ethyl adjacent to an activating group) is 1. The molecule has 1 saturated carbocycles. The fourth-order valence-corrected chi connectivity index (χ4v) is 2.67. The number of hydrogen-bond acceptors (Lipinski definition) is 5. The number of carbonyl (C=O) groups is 1. The maximum Gasteiger partial charge on any atom is 0.274 e. The van der Waals surface area contributed by atoms with Crippen LogP contribution in [0.3, 0.4) is 0 Å². The second kappa shape index (κ2) is 5.84. The highest BCUT2D eigenvalue weighted by atomic mass is 16.2. The predicted octanol–water partition coefficient (Wildman–Crippen LogP) is 0.780. The van der Waals surface area contributed by atoms with Gasteiger partial charge in [0.25, 0.3) is 5.91 Å². The summed E-state index contributed by atoms with van der Waals surface area (Å²) in [5.74, 6) is 0.369. The van der Waals surface area contributed by atoms with E-state index >= 15 is 0 Å². The molecule has 7 heteroatoms. The first-order chi connectivity index (χ1) is 10.6. The van der Waals surface area contributed by atoms with Crippen molar-refractivity contribution in [1.29, 1.82) is 0 Å². The summed E-state index contributed by atoms with van der Waals surface area (Å²) in [7, 11) is 1.79. The number of aryl methyl sites for hydroxylation is 1. The van der Waals surface area contributed by atoms with Gasteiger partial charge in [-0.1, -0.05) is 0 Å². The minimum absolute atomic E-state index is 0.0632. The maximum absolute atomic E-state index is 12.9. The smallest absolute Gasteiger partial charge is 0.274 e. The summed E-state index contributed by atoms with van der Waals surface area (Å²) in [6, 6.07) is 3.72. The van der Waals surface area contributed by atoms with E-state index in [2.05, 4.69) is 15.2 Å². The number of pyridine rings is 1. The molecule has 0 saturated heterocycles. The van der Waals surface area contributed by atoms with Gasteiger partial charge in [0.05, 0.1) is 12.4 Å². The Kier molecular flexibility index (Phi) is 3.89. The van der Waals surface area contributed by atoms with E-state index in [9.17, 15) is 4.79 Å². The van der Waals surface area contributed by atoms with Gasteiger partial charge >= 0.3 is 0 Å². The molecule has 2 aromatic heterocycles. The van der Waals surface area contributed by atoms with Crippen molar-refractivity contribution >= 4 is 5.91 Å². The Hall–Kier alpha value is -2.28. The zero-order chi connectivity index (χ0) is 15.7. The highest BCUT2D eigenvalue weighted by Crippen LogP contribution is 2.35. The van der Waals surface area contributed by atoms with Crippen LogP contribution in [0.25, 0.3) is 5.69 Å². The molecule has 1 aliphatic rings. The van der Waals surface area contributed by atoms with Crippen molar-refractivity contribution in [3.63, 3.8) is 0 Å². The minimum Gasteiger partial charge on any atom is -0.336 e. The lowest BCUT2D eigenvalue weighted by atomic mass is 10.1. The molecule has 116 valence electrons. The summed E-state index contributed by atoms with van der Waals surface area (Å²) >= 11 is 0. The summed E-state index contributed by atoms with van der Waals surface area (Å²) in [5.41, 5.74) is 7.57. The number of amides is 1. The molecule has 7 nitrogen and oxygen atoms in total. The molecule has 0 radical (unpaired) electrons. The summed E-state index contributed by atoms with van der Waals surface area (Å²) in [6.45, 7) is 2.33. The Labute approximate surface area is 129 Å². The van der Waals surface area contributed by atoms with Crippen molar-refractivity contribution < 1.29 is 4.79 Å². The quantitative estimate of drug-likeness (QED) is 0.881. The first-order valence-corrected chi connectivity index (χ1v) is 7.43. The molecule has 0 aromatic carbocycles. The topological polar surface area (TPSA) is 89.9 Å². The third-order valence-corrected chi connectivity index (χ3v) is 4.08. The van der Waals surface area contributed by atoms with Gasteiger partial charge in [0.2, 0.25) is 0 Å². The Balaban J connectivity index is 1.96. The Bertz CT molecular complexity index is 665. The van der Waals surface area contributed by atoms with E-state index in [1.807, 2.05) is 19.1 Å². The average Bonchev–Trinajstić information content (AvgIpc) is 3.20. The molecular formula is C15H20N6O. The number of hydrogen-bond donors (Lipinski definition) is 1. The first-order valence-electron chi connectivity index (χ1n) is 7.43. The number of nitrogens with zero attached hydrogens (tertiary/aromatic N) is 5. The van der Waals surface area contributed by atoms with Crippen LogP contribution in [0.5, 0.6) is 0 Å². The van der Waals surface area contributed by atoms with Gasteiger partial charge < -0.3 is 10.6 Å². The normalized spacial score (nSPS) is 15.6. The number of aromatic nitrogens is 4. The van der Waals surface area contributed by atoms with E-state index in [4.69, 9.17) is 5.73 Å². The molecule has 2 heterocycles. The molecule has 2 aromatic rings. The lowest BCUT2D eigenvalue weighted by molar-refractivity contribution is 0.0712. The molecule has 1 aliphatic carbocycles. The Morgan fingerprint density at radius 3 is 2.68 bits per heavy atom. The predicted molar refractivity (Wildman–Crippen MR) is 81.6 cm³/mol. The van der Waals surface area contributed by atoms with Gasteiger partial charge in [-0.15, -0.1) is 4.80 Å². The van der Waals surface area contributed by atoms with Gasteiger partial charge in [0, 0.05) is 25.3 Å². The van der Waals surface area contributed by atoms with Crippen molar-refractivity contribution in [2.45, 2.75) is 25.8 Å². The van der Waals surface area contributed by atoms with Crippen LogP contribution in [-0.2, 0) is 0 Å². The molecular weight excluding hydrogens is 280 g/mol. The molecule has 0 bridgehead atoms. The number of nitrogens with two attached hydrogens (primary N) is 1. The van der Waals surface area contributed by atoms with Crippen LogP contribution in [0, 0.1) is 12.8 Å². The first kappa shape index (κ1) is 14.6. The molecule has 0 unspecified atom stereocenters. The number of carbonyl (C=O) groups excluding carboxylic acids is 1. The highest BCUT2D eigenvalue weighted by molar-refractivity contribution is 5.95. The fraction of sp³-hybridized carbons (Fsp3) is 0.467. The second-order valence-electron chi connectivity index (χ2n) is 5.70. The van der Waals surface area contributed by atoms with Gasteiger partial charge in [-0.25, -0.2) is 4.98 Å².